The number of anilines is 2. The van der Waals surface area contributed by atoms with E-state index in [-0.39, 0.29) is 13.2 Å². The summed E-state index contributed by atoms with van der Waals surface area (Å²) in [6.45, 7) is 1.40. The number of rotatable bonds is 6. The average Bonchev–Trinajstić information content (AvgIpc) is 2.38. The Hall–Kier alpha value is -0.750. The van der Waals surface area contributed by atoms with Gasteiger partial charge in [-0.15, -0.1) is 0 Å². The summed E-state index contributed by atoms with van der Waals surface area (Å²) >= 11 is 12.0. The zero-order valence-electron chi connectivity index (χ0n) is 10.3. The van der Waals surface area contributed by atoms with E-state index in [9.17, 15) is 10.2 Å². The van der Waals surface area contributed by atoms with Gasteiger partial charge in [0.05, 0.1) is 28.8 Å². The number of pyridine rings is 1. The Morgan fingerprint density at radius 2 is 1.78 bits per heavy atom. The van der Waals surface area contributed by atoms with Crippen molar-refractivity contribution in [2.75, 3.05) is 30.9 Å². The lowest BCUT2D eigenvalue weighted by molar-refractivity contribution is 0.132. The minimum atomic E-state index is -0.852. The van der Waals surface area contributed by atoms with Gasteiger partial charge in [-0.1, -0.05) is 30.1 Å². The van der Waals surface area contributed by atoms with Crippen LogP contribution in [0, 0.1) is 0 Å². The van der Waals surface area contributed by atoms with Crippen molar-refractivity contribution in [2.45, 2.75) is 18.9 Å². The number of halogens is 2. The van der Waals surface area contributed by atoms with Gasteiger partial charge in [0.2, 0.25) is 0 Å². The molecule has 0 aliphatic rings. The van der Waals surface area contributed by atoms with Crippen molar-refractivity contribution in [3.8, 4) is 0 Å². The molecule has 18 heavy (non-hydrogen) atoms. The predicted molar refractivity (Wildman–Crippen MR) is 74.6 cm³/mol. The summed E-state index contributed by atoms with van der Waals surface area (Å²) in [5.41, 5.74) is -0.852. The molecule has 0 aliphatic carbocycles. The molecule has 0 saturated carbocycles. The molecule has 102 valence electrons. The highest BCUT2D eigenvalue weighted by Crippen LogP contribution is 2.31. The highest BCUT2D eigenvalue weighted by molar-refractivity contribution is 6.37. The lowest BCUT2D eigenvalue weighted by Crippen LogP contribution is -2.45. The van der Waals surface area contributed by atoms with Crippen molar-refractivity contribution in [3.05, 3.63) is 16.1 Å². The first kappa shape index (κ1) is 15.3. The Morgan fingerprint density at radius 1 is 1.22 bits per heavy atom. The summed E-state index contributed by atoms with van der Waals surface area (Å²) < 4.78 is 0. The monoisotopic (exact) mass is 293 g/mol. The molecule has 0 aliphatic heterocycles. The third-order valence-corrected chi connectivity index (χ3v) is 3.41. The van der Waals surface area contributed by atoms with Crippen molar-refractivity contribution < 1.29 is 10.2 Å². The molecule has 7 heteroatoms. The average molecular weight is 294 g/mol. The Labute approximate surface area is 116 Å². The van der Waals surface area contributed by atoms with Crippen molar-refractivity contribution in [1.82, 2.24) is 4.98 Å². The first-order chi connectivity index (χ1) is 8.51. The summed E-state index contributed by atoms with van der Waals surface area (Å²) in [5, 5.41) is 25.3. The minimum Gasteiger partial charge on any atom is -0.394 e. The summed E-state index contributed by atoms with van der Waals surface area (Å²) in [4.78, 5) is 4.21. The predicted octanol–water partition coefficient (Wildman–Crippen LogP) is 1.98. The van der Waals surface area contributed by atoms with Crippen molar-refractivity contribution in [2.24, 2.45) is 0 Å². The van der Waals surface area contributed by atoms with E-state index in [0.717, 1.165) is 0 Å². The van der Waals surface area contributed by atoms with Crippen LogP contribution in [0.5, 0.6) is 0 Å². The topological polar surface area (TPSA) is 77.4 Å². The number of hydrogen-bond donors (Lipinski definition) is 4. The first-order valence-corrected chi connectivity index (χ1v) is 6.31. The summed E-state index contributed by atoms with van der Waals surface area (Å²) in [5.74, 6) is 0.847. The summed E-state index contributed by atoms with van der Waals surface area (Å²) in [6.07, 6.45) is 0.523. The lowest BCUT2D eigenvalue weighted by Gasteiger charge is -2.30. The number of aliphatic hydroxyl groups is 2. The summed E-state index contributed by atoms with van der Waals surface area (Å²) in [7, 11) is 1.69. The van der Waals surface area contributed by atoms with Gasteiger partial charge in [0, 0.05) is 7.05 Å². The van der Waals surface area contributed by atoms with Crippen LogP contribution in [0.25, 0.3) is 0 Å². The molecule has 1 aromatic rings. The smallest absolute Gasteiger partial charge is 0.147 e. The third kappa shape index (κ3) is 3.17. The van der Waals surface area contributed by atoms with Crippen molar-refractivity contribution in [3.63, 3.8) is 0 Å². The van der Waals surface area contributed by atoms with E-state index in [0.29, 0.717) is 28.1 Å². The molecule has 0 amide bonds. The maximum absolute atomic E-state index is 9.37. The van der Waals surface area contributed by atoms with Crippen LogP contribution in [0.3, 0.4) is 0 Å². The van der Waals surface area contributed by atoms with Crippen LogP contribution in [0.2, 0.25) is 10.0 Å². The molecule has 0 spiro atoms. The Balaban J connectivity index is 3.10. The van der Waals surface area contributed by atoms with Crippen molar-refractivity contribution in [1.29, 1.82) is 0 Å². The second-order valence-electron chi connectivity index (χ2n) is 3.97. The van der Waals surface area contributed by atoms with Crippen LogP contribution in [-0.2, 0) is 0 Å². The van der Waals surface area contributed by atoms with Gasteiger partial charge >= 0.3 is 0 Å². The van der Waals surface area contributed by atoms with Gasteiger partial charge in [-0.05, 0) is 12.5 Å². The SMILES string of the molecule is CCC(CO)(CO)Nc1nc(NC)c(Cl)cc1Cl. The quantitative estimate of drug-likeness (QED) is 0.645. The molecular formula is C11H17Cl2N3O2. The molecule has 1 rings (SSSR count). The molecule has 0 bridgehead atoms. The molecule has 0 fully saturated rings. The molecule has 4 N–H and O–H groups in total. The zero-order valence-corrected chi connectivity index (χ0v) is 11.8. The van der Waals surface area contributed by atoms with Crippen LogP contribution < -0.4 is 10.6 Å². The minimum absolute atomic E-state index is 0.227. The number of aliphatic hydroxyl groups excluding tert-OH is 2. The fraction of sp³-hybridized carbons (Fsp3) is 0.545. The summed E-state index contributed by atoms with van der Waals surface area (Å²) in [6, 6.07) is 1.56. The van der Waals surface area contributed by atoms with E-state index in [2.05, 4.69) is 15.6 Å². The number of nitrogens with one attached hydrogen (secondary N) is 2. The Kier molecular flexibility index (Phi) is 5.47. The normalized spacial score (nSPS) is 11.4. The molecule has 0 atom stereocenters. The van der Waals surface area contributed by atoms with Gasteiger partial charge in [-0.25, -0.2) is 4.98 Å². The maximum atomic E-state index is 9.37. The van der Waals surface area contributed by atoms with E-state index in [1.54, 1.807) is 13.1 Å². The van der Waals surface area contributed by atoms with Crippen molar-refractivity contribution >= 4 is 34.8 Å². The molecule has 5 nitrogen and oxygen atoms in total. The van der Waals surface area contributed by atoms with E-state index < -0.39 is 5.54 Å². The van der Waals surface area contributed by atoms with Gasteiger partial charge in [0.1, 0.15) is 11.6 Å². The van der Waals surface area contributed by atoms with E-state index in [1.165, 1.54) is 0 Å². The molecule has 0 aromatic carbocycles. The van der Waals surface area contributed by atoms with Gasteiger partial charge < -0.3 is 20.8 Å². The van der Waals surface area contributed by atoms with E-state index in [1.807, 2.05) is 6.92 Å². The number of nitrogens with zero attached hydrogens (tertiary/aromatic N) is 1. The van der Waals surface area contributed by atoms with Crippen LogP contribution in [0.4, 0.5) is 11.6 Å². The fourth-order valence-electron chi connectivity index (χ4n) is 1.42. The lowest BCUT2D eigenvalue weighted by atomic mass is 9.98. The second-order valence-corrected chi connectivity index (χ2v) is 4.79. The third-order valence-electron chi connectivity index (χ3n) is 2.83. The Bertz CT molecular complexity index is 403. The largest absolute Gasteiger partial charge is 0.394 e. The highest BCUT2D eigenvalue weighted by Gasteiger charge is 2.28. The maximum Gasteiger partial charge on any atom is 0.147 e. The fourth-order valence-corrected chi connectivity index (χ4v) is 1.92. The highest BCUT2D eigenvalue weighted by atomic mass is 35.5. The van der Waals surface area contributed by atoms with Gasteiger partial charge in [0.15, 0.2) is 0 Å². The van der Waals surface area contributed by atoms with E-state index >= 15 is 0 Å². The second kappa shape index (κ2) is 6.43. The molecule has 0 radical (unpaired) electrons. The molecular weight excluding hydrogens is 277 g/mol. The van der Waals surface area contributed by atoms with E-state index in [4.69, 9.17) is 23.2 Å². The molecule has 0 unspecified atom stereocenters. The van der Waals surface area contributed by atoms with Gasteiger partial charge in [0.25, 0.3) is 0 Å². The first-order valence-electron chi connectivity index (χ1n) is 5.55. The molecule has 1 heterocycles. The van der Waals surface area contributed by atoms with Crippen LogP contribution in [0.15, 0.2) is 6.07 Å². The molecule has 1 aromatic heterocycles. The number of aromatic nitrogens is 1. The number of hydrogen-bond acceptors (Lipinski definition) is 5. The van der Waals surface area contributed by atoms with Crippen LogP contribution in [-0.4, -0.2) is 41.0 Å². The zero-order chi connectivity index (χ0) is 13.8. The van der Waals surface area contributed by atoms with Gasteiger partial charge in [-0.2, -0.15) is 0 Å². The van der Waals surface area contributed by atoms with Crippen LogP contribution >= 0.6 is 23.2 Å². The van der Waals surface area contributed by atoms with Gasteiger partial charge in [-0.3, -0.25) is 0 Å². The standard InChI is InChI=1S/C11H17Cl2N3O2/c1-3-11(5-17,6-18)16-10-8(13)4-7(12)9(14-2)15-10/h4,17-18H,3,5-6H2,1-2H3,(H2,14,15,16). The molecule has 0 saturated heterocycles. The van der Waals surface area contributed by atoms with Crippen LogP contribution in [0.1, 0.15) is 13.3 Å². The Morgan fingerprint density at radius 3 is 2.22 bits per heavy atom.